The van der Waals surface area contributed by atoms with E-state index in [-0.39, 0.29) is 0 Å². The van der Waals surface area contributed by atoms with Gasteiger partial charge in [-0.15, -0.1) is 0 Å². The van der Waals surface area contributed by atoms with Crippen molar-refractivity contribution in [1.29, 1.82) is 10.5 Å². The molecule has 342 valence electrons. The van der Waals surface area contributed by atoms with Gasteiger partial charge in [0.2, 0.25) is 0 Å². The van der Waals surface area contributed by atoms with E-state index in [4.69, 9.17) is 0 Å². The molecule has 0 aliphatic heterocycles. The maximum atomic E-state index is 12.0. The first-order chi connectivity index (χ1) is 36.7. The van der Waals surface area contributed by atoms with Crippen LogP contribution in [0.2, 0.25) is 0 Å². The lowest BCUT2D eigenvalue weighted by atomic mass is 9.85. The minimum Gasteiger partial charge on any atom is -0.309 e. The number of nitrogens with zero attached hydrogens (tertiary/aromatic N) is 6. The number of rotatable bonds is 6. The smallest absolute Gasteiger partial charge is 0.101 e. The first kappa shape index (κ1) is 41.4. The van der Waals surface area contributed by atoms with Gasteiger partial charge in [0.15, 0.2) is 0 Å². The van der Waals surface area contributed by atoms with Crippen molar-refractivity contribution in [1.82, 2.24) is 18.3 Å². The monoisotopic (exact) mass is 940 g/mol. The molecule has 11 aromatic carbocycles. The number of para-hydroxylation sites is 8. The number of benzene rings is 11. The summed E-state index contributed by atoms with van der Waals surface area (Å²) in [6.07, 6.45) is 0. The fourth-order valence-electron chi connectivity index (χ4n) is 12.2. The summed E-state index contributed by atoms with van der Waals surface area (Å²) in [6.45, 7) is 0. The van der Waals surface area contributed by atoms with Crippen LogP contribution in [0.1, 0.15) is 11.1 Å². The maximum Gasteiger partial charge on any atom is 0.101 e. The third kappa shape index (κ3) is 5.79. The van der Waals surface area contributed by atoms with Crippen LogP contribution in [0.5, 0.6) is 0 Å². The maximum absolute atomic E-state index is 12.0. The second-order valence-corrected chi connectivity index (χ2v) is 19.0. The van der Waals surface area contributed by atoms with Crippen molar-refractivity contribution < 1.29 is 0 Å². The lowest BCUT2D eigenvalue weighted by Crippen LogP contribution is -2.11. The average Bonchev–Trinajstić information content (AvgIpc) is 4.21. The van der Waals surface area contributed by atoms with Crippen molar-refractivity contribution in [3.05, 3.63) is 254 Å². The summed E-state index contributed by atoms with van der Waals surface area (Å²) in [5.41, 5.74) is 15.5. The standard InChI is InChI=1S/C68H40N6/c69-41-55-56(42-70)66(44-36-38-64-54(40-44)52-28-12-14-30-58(52)72(64)46-21-5-2-6-22-46)68(74-61-33-17-9-25-49(61)50-26-10-18-34-62(50)74)67(73-59-31-15-7-23-47(59)48-24-8-16-32-60(48)73)65(55)43-35-37-63-53(39-43)51-27-11-13-29-57(51)71(63)45-19-3-1-4-20-45/h1-40H. The molecule has 6 nitrogen and oxygen atoms in total. The SMILES string of the molecule is N#Cc1c(C#N)c(-c2ccc3c(c2)c2ccccc2n3-c2ccccc2)c(-n2c3ccccc3c3ccccc32)c(-n2c3ccccc3c3ccccc32)c1-c1ccc2c(c1)c1ccccc1n2-c1ccccc1. The molecular formula is C68H40N6. The van der Waals surface area contributed by atoms with Gasteiger partial charge in [0.05, 0.1) is 66.6 Å². The second-order valence-electron chi connectivity index (χ2n) is 19.0. The minimum atomic E-state index is 0.307. The van der Waals surface area contributed by atoms with Crippen molar-refractivity contribution in [3.63, 3.8) is 0 Å². The Hall–Kier alpha value is -10.4. The van der Waals surface area contributed by atoms with Crippen molar-refractivity contribution in [3.8, 4) is 57.1 Å². The highest BCUT2D eigenvalue weighted by molar-refractivity contribution is 6.17. The van der Waals surface area contributed by atoms with Crippen LogP contribution in [0, 0.1) is 22.7 Å². The van der Waals surface area contributed by atoms with Gasteiger partial charge in [0.1, 0.15) is 12.1 Å². The van der Waals surface area contributed by atoms with E-state index in [1.165, 1.54) is 0 Å². The Balaban J connectivity index is 1.18. The van der Waals surface area contributed by atoms with E-state index in [2.05, 4.69) is 261 Å². The Morgan fingerprint density at radius 1 is 0.243 bits per heavy atom. The van der Waals surface area contributed by atoms with Gasteiger partial charge in [-0.3, -0.25) is 0 Å². The quantitative estimate of drug-likeness (QED) is 0.167. The molecule has 6 heteroatoms. The molecule has 74 heavy (non-hydrogen) atoms. The van der Waals surface area contributed by atoms with Crippen molar-refractivity contribution >= 4 is 87.2 Å². The van der Waals surface area contributed by atoms with E-state index >= 15 is 0 Å². The first-order valence-corrected chi connectivity index (χ1v) is 24.9. The molecule has 0 amide bonds. The fraction of sp³-hybridized carbons (Fsp3) is 0. The van der Waals surface area contributed by atoms with Crippen LogP contribution in [-0.4, -0.2) is 18.3 Å². The summed E-state index contributed by atoms with van der Waals surface area (Å²) in [5, 5.41) is 32.7. The second kappa shape index (κ2) is 16.1. The van der Waals surface area contributed by atoms with Gasteiger partial charge in [-0.2, -0.15) is 10.5 Å². The van der Waals surface area contributed by atoms with Crippen molar-refractivity contribution in [2.24, 2.45) is 0 Å². The van der Waals surface area contributed by atoms with Crippen LogP contribution in [0.3, 0.4) is 0 Å². The molecule has 0 saturated carbocycles. The molecule has 0 fully saturated rings. The van der Waals surface area contributed by atoms with E-state index in [9.17, 15) is 10.5 Å². The molecule has 0 spiro atoms. The van der Waals surface area contributed by atoms with Crippen LogP contribution in [0.4, 0.5) is 0 Å². The van der Waals surface area contributed by atoms with Gasteiger partial charge in [-0.1, -0.05) is 158 Å². The molecule has 0 radical (unpaired) electrons. The van der Waals surface area contributed by atoms with Crippen LogP contribution >= 0.6 is 0 Å². The highest BCUT2D eigenvalue weighted by Crippen LogP contribution is 2.51. The number of nitriles is 2. The number of hydrogen-bond donors (Lipinski definition) is 0. The van der Waals surface area contributed by atoms with Crippen LogP contribution in [0.15, 0.2) is 243 Å². The molecule has 15 aromatic rings. The van der Waals surface area contributed by atoms with Gasteiger partial charge in [0, 0.05) is 65.6 Å². The summed E-state index contributed by atoms with van der Waals surface area (Å²) in [6, 6.07) is 90.8. The summed E-state index contributed by atoms with van der Waals surface area (Å²) in [4.78, 5) is 0. The average molecular weight is 941 g/mol. The Kier molecular flexibility index (Phi) is 8.99. The Morgan fingerprint density at radius 2 is 0.500 bits per heavy atom. The predicted molar refractivity (Wildman–Crippen MR) is 304 cm³/mol. The van der Waals surface area contributed by atoms with Gasteiger partial charge < -0.3 is 18.3 Å². The minimum absolute atomic E-state index is 0.307. The molecule has 15 rings (SSSR count). The van der Waals surface area contributed by atoms with Crippen LogP contribution < -0.4 is 0 Å². The van der Waals surface area contributed by atoms with E-state index in [1.54, 1.807) is 0 Å². The van der Waals surface area contributed by atoms with Crippen molar-refractivity contribution in [2.45, 2.75) is 0 Å². The molecule has 4 heterocycles. The molecular weight excluding hydrogens is 901 g/mol. The number of hydrogen-bond acceptors (Lipinski definition) is 2. The zero-order valence-corrected chi connectivity index (χ0v) is 39.8. The Morgan fingerprint density at radius 3 is 0.811 bits per heavy atom. The summed E-state index contributed by atoms with van der Waals surface area (Å²) >= 11 is 0. The highest BCUT2D eigenvalue weighted by Gasteiger charge is 2.32. The summed E-state index contributed by atoms with van der Waals surface area (Å²) in [5.74, 6) is 0. The molecule has 0 aliphatic rings. The van der Waals surface area contributed by atoms with Gasteiger partial charge in [0.25, 0.3) is 0 Å². The molecule has 0 aliphatic carbocycles. The molecule has 4 aromatic heterocycles. The van der Waals surface area contributed by atoms with Crippen molar-refractivity contribution in [2.75, 3.05) is 0 Å². The zero-order valence-electron chi connectivity index (χ0n) is 39.8. The third-order valence-electron chi connectivity index (χ3n) is 15.2. The molecule has 0 unspecified atom stereocenters. The molecule has 0 saturated heterocycles. The van der Waals surface area contributed by atoms with Gasteiger partial charge in [-0.25, -0.2) is 0 Å². The van der Waals surface area contributed by atoms with E-state index < -0.39 is 0 Å². The van der Waals surface area contributed by atoms with E-state index in [1.807, 2.05) is 12.1 Å². The zero-order chi connectivity index (χ0) is 49.0. The van der Waals surface area contributed by atoms with E-state index in [0.29, 0.717) is 22.3 Å². The fourth-order valence-corrected chi connectivity index (χ4v) is 12.2. The predicted octanol–water partition coefficient (Wildman–Crippen LogP) is 17.2. The van der Waals surface area contributed by atoms with Gasteiger partial charge in [-0.05, 0) is 96.1 Å². The number of fused-ring (bicyclic) bond motifs is 12. The summed E-state index contributed by atoms with van der Waals surface area (Å²) in [7, 11) is 0. The molecule has 0 N–H and O–H groups in total. The Bertz CT molecular complexity index is 4500. The third-order valence-corrected chi connectivity index (χ3v) is 15.2. The molecule has 0 bridgehead atoms. The first-order valence-electron chi connectivity index (χ1n) is 24.9. The van der Waals surface area contributed by atoms with E-state index in [0.717, 1.165) is 121 Å². The largest absolute Gasteiger partial charge is 0.309 e. The highest BCUT2D eigenvalue weighted by atomic mass is 15.1. The van der Waals surface area contributed by atoms with Crippen LogP contribution in [-0.2, 0) is 0 Å². The van der Waals surface area contributed by atoms with Crippen LogP contribution in [0.25, 0.3) is 132 Å². The van der Waals surface area contributed by atoms with Gasteiger partial charge >= 0.3 is 0 Å². The lowest BCUT2D eigenvalue weighted by Gasteiger charge is -2.26. The number of aromatic nitrogens is 4. The summed E-state index contributed by atoms with van der Waals surface area (Å²) < 4.78 is 9.35. The molecule has 0 atom stereocenters. The topological polar surface area (TPSA) is 67.3 Å². The normalized spacial score (nSPS) is 11.8. The lowest BCUT2D eigenvalue weighted by molar-refractivity contribution is 1.09. The Labute approximate surface area is 424 Å².